The van der Waals surface area contributed by atoms with Crippen LogP contribution in [0.15, 0.2) is 30.3 Å². The number of nitrogens with zero attached hydrogens (tertiary/aromatic N) is 2. The summed E-state index contributed by atoms with van der Waals surface area (Å²) in [5.74, 6) is 0.253. The first-order valence-electron chi connectivity index (χ1n) is 7.85. The molecule has 1 atom stereocenters. The molecule has 1 aliphatic rings. The summed E-state index contributed by atoms with van der Waals surface area (Å²) in [6.45, 7) is 7.75. The Bertz CT molecular complexity index is 408. The van der Waals surface area contributed by atoms with Gasteiger partial charge < -0.3 is 4.90 Å². The van der Waals surface area contributed by atoms with Gasteiger partial charge in [0.05, 0.1) is 0 Å². The van der Waals surface area contributed by atoms with E-state index in [0.29, 0.717) is 0 Å². The van der Waals surface area contributed by atoms with Gasteiger partial charge in [0.15, 0.2) is 0 Å². The van der Waals surface area contributed by atoms with E-state index in [1.54, 1.807) is 0 Å². The van der Waals surface area contributed by atoms with Crippen molar-refractivity contribution in [3.63, 3.8) is 0 Å². The minimum atomic E-state index is -0.101. The number of likely N-dealkylation sites (N-methyl/N-ethyl adjacent to an activating group) is 1. The molecule has 0 spiro atoms. The van der Waals surface area contributed by atoms with Crippen molar-refractivity contribution in [3.05, 3.63) is 35.9 Å². The Morgan fingerprint density at radius 1 is 1.10 bits per heavy atom. The number of rotatable bonds is 5. The maximum atomic E-state index is 12.9. The molecule has 20 heavy (non-hydrogen) atoms. The molecule has 2 rings (SSSR count). The maximum absolute atomic E-state index is 12.9. The topological polar surface area (TPSA) is 23.6 Å². The minimum Gasteiger partial charge on any atom is -0.342 e. The number of hydrogen-bond donors (Lipinski definition) is 0. The molecule has 1 aliphatic heterocycles. The molecule has 0 aromatic heterocycles. The highest BCUT2D eigenvalue weighted by Gasteiger charge is 2.30. The molecule has 1 fully saturated rings. The van der Waals surface area contributed by atoms with Gasteiger partial charge in [0.1, 0.15) is 6.04 Å². The van der Waals surface area contributed by atoms with Crippen LogP contribution in [-0.2, 0) is 4.79 Å². The fourth-order valence-corrected chi connectivity index (χ4v) is 3.03. The Balaban J connectivity index is 2.26. The molecule has 1 aromatic carbocycles. The molecule has 1 unspecified atom stereocenters. The lowest BCUT2D eigenvalue weighted by Gasteiger charge is -2.36. The standard InChI is InChI=1S/C17H26N2O/c1-3-18(4-2)17(20)16(15-11-7-5-8-12-15)19-13-9-6-10-14-19/h5,7-8,11-12,16H,3-4,6,9-10,13-14H2,1-2H3. The molecule has 0 radical (unpaired) electrons. The third-order valence-electron chi connectivity index (χ3n) is 4.18. The van der Waals surface area contributed by atoms with Gasteiger partial charge in [-0.3, -0.25) is 9.69 Å². The molecule has 1 saturated heterocycles. The van der Waals surface area contributed by atoms with E-state index in [1.807, 2.05) is 23.1 Å². The molecule has 3 heteroatoms. The van der Waals surface area contributed by atoms with Crippen LogP contribution in [0, 0.1) is 0 Å². The van der Waals surface area contributed by atoms with E-state index >= 15 is 0 Å². The Labute approximate surface area is 122 Å². The summed E-state index contributed by atoms with van der Waals surface area (Å²) >= 11 is 0. The normalized spacial score (nSPS) is 17.7. The van der Waals surface area contributed by atoms with E-state index in [1.165, 1.54) is 19.3 Å². The van der Waals surface area contributed by atoms with Gasteiger partial charge in [-0.05, 0) is 45.3 Å². The lowest BCUT2D eigenvalue weighted by molar-refractivity contribution is -0.137. The van der Waals surface area contributed by atoms with Crippen LogP contribution in [-0.4, -0.2) is 41.9 Å². The molecule has 0 aliphatic carbocycles. The SMILES string of the molecule is CCN(CC)C(=O)C(c1ccccc1)N1CCCCC1. The van der Waals surface area contributed by atoms with Crippen LogP contribution in [0.5, 0.6) is 0 Å². The number of carbonyl (C=O) groups is 1. The van der Waals surface area contributed by atoms with Crippen molar-refractivity contribution >= 4 is 5.91 Å². The number of benzene rings is 1. The maximum Gasteiger partial charge on any atom is 0.244 e. The second-order valence-corrected chi connectivity index (χ2v) is 5.42. The van der Waals surface area contributed by atoms with Crippen molar-refractivity contribution in [2.24, 2.45) is 0 Å². The number of piperidine rings is 1. The van der Waals surface area contributed by atoms with Crippen molar-refractivity contribution in [1.82, 2.24) is 9.80 Å². The van der Waals surface area contributed by atoms with Gasteiger partial charge in [-0.2, -0.15) is 0 Å². The molecule has 0 saturated carbocycles. The first-order chi connectivity index (χ1) is 9.77. The Hall–Kier alpha value is -1.35. The summed E-state index contributed by atoms with van der Waals surface area (Å²) in [6.07, 6.45) is 3.70. The highest BCUT2D eigenvalue weighted by Crippen LogP contribution is 2.26. The first kappa shape index (κ1) is 15.0. The average Bonchev–Trinajstić information content (AvgIpc) is 2.51. The van der Waals surface area contributed by atoms with Crippen LogP contribution < -0.4 is 0 Å². The zero-order chi connectivity index (χ0) is 14.4. The zero-order valence-corrected chi connectivity index (χ0v) is 12.7. The van der Waals surface area contributed by atoms with Crippen LogP contribution in [0.4, 0.5) is 0 Å². The van der Waals surface area contributed by atoms with Crippen LogP contribution in [0.2, 0.25) is 0 Å². The molecule has 3 nitrogen and oxygen atoms in total. The first-order valence-corrected chi connectivity index (χ1v) is 7.85. The van der Waals surface area contributed by atoms with Crippen molar-refractivity contribution in [3.8, 4) is 0 Å². The van der Waals surface area contributed by atoms with Gasteiger partial charge in [-0.15, -0.1) is 0 Å². The lowest BCUT2D eigenvalue weighted by Crippen LogP contribution is -2.44. The van der Waals surface area contributed by atoms with E-state index < -0.39 is 0 Å². The van der Waals surface area contributed by atoms with Crippen molar-refractivity contribution in [1.29, 1.82) is 0 Å². The van der Waals surface area contributed by atoms with Gasteiger partial charge in [0.25, 0.3) is 0 Å². The number of amides is 1. The third-order valence-corrected chi connectivity index (χ3v) is 4.18. The molecule has 0 N–H and O–H groups in total. The third kappa shape index (κ3) is 3.40. The van der Waals surface area contributed by atoms with E-state index in [-0.39, 0.29) is 11.9 Å². The van der Waals surface area contributed by atoms with Gasteiger partial charge in [-0.1, -0.05) is 36.8 Å². The largest absolute Gasteiger partial charge is 0.342 e. The van der Waals surface area contributed by atoms with Gasteiger partial charge in [0, 0.05) is 13.1 Å². The Kier molecular flexibility index (Phi) is 5.60. The zero-order valence-electron chi connectivity index (χ0n) is 12.7. The minimum absolute atomic E-state index is 0.101. The average molecular weight is 274 g/mol. The molecule has 1 heterocycles. The van der Waals surface area contributed by atoms with Gasteiger partial charge >= 0.3 is 0 Å². The number of likely N-dealkylation sites (tertiary alicyclic amines) is 1. The van der Waals surface area contributed by atoms with E-state index in [2.05, 4.69) is 30.9 Å². The molecular weight excluding hydrogens is 248 g/mol. The van der Waals surface area contributed by atoms with Crippen LogP contribution in [0.25, 0.3) is 0 Å². The Morgan fingerprint density at radius 2 is 1.70 bits per heavy atom. The summed E-state index contributed by atoms with van der Waals surface area (Å²) in [4.78, 5) is 17.2. The predicted octanol–water partition coefficient (Wildman–Crippen LogP) is 3.08. The van der Waals surface area contributed by atoms with E-state index in [9.17, 15) is 4.79 Å². The van der Waals surface area contributed by atoms with Crippen molar-refractivity contribution in [2.75, 3.05) is 26.2 Å². The Morgan fingerprint density at radius 3 is 2.25 bits per heavy atom. The molecule has 0 bridgehead atoms. The molecule has 110 valence electrons. The summed E-state index contributed by atoms with van der Waals surface area (Å²) in [6, 6.07) is 10.1. The summed E-state index contributed by atoms with van der Waals surface area (Å²) in [5.41, 5.74) is 1.13. The quantitative estimate of drug-likeness (QED) is 0.824. The summed E-state index contributed by atoms with van der Waals surface area (Å²) < 4.78 is 0. The number of hydrogen-bond acceptors (Lipinski definition) is 2. The second-order valence-electron chi connectivity index (χ2n) is 5.42. The van der Waals surface area contributed by atoms with Crippen molar-refractivity contribution < 1.29 is 4.79 Å². The fraction of sp³-hybridized carbons (Fsp3) is 0.588. The van der Waals surface area contributed by atoms with Gasteiger partial charge in [-0.25, -0.2) is 0 Å². The van der Waals surface area contributed by atoms with Gasteiger partial charge in [0.2, 0.25) is 5.91 Å². The van der Waals surface area contributed by atoms with Crippen molar-refractivity contribution in [2.45, 2.75) is 39.2 Å². The van der Waals surface area contributed by atoms with Crippen LogP contribution >= 0.6 is 0 Å². The number of carbonyl (C=O) groups excluding carboxylic acids is 1. The molecular formula is C17H26N2O. The summed E-state index contributed by atoms with van der Waals surface area (Å²) in [5, 5.41) is 0. The van der Waals surface area contributed by atoms with E-state index in [4.69, 9.17) is 0 Å². The molecule has 1 aromatic rings. The summed E-state index contributed by atoms with van der Waals surface area (Å²) in [7, 11) is 0. The predicted molar refractivity (Wildman–Crippen MR) is 82.5 cm³/mol. The second kappa shape index (κ2) is 7.44. The smallest absolute Gasteiger partial charge is 0.244 e. The van der Waals surface area contributed by atoms with Crippen LogP contribution in [0.3, 0.4) is 0 Å². The highest BCUT2D eigenvalue weighted by molar-refractivity contribution is 5.83. The molecule has 1 amide bonds. The fourth-order valence-electron chi connectivity index (χ4n) is 3.03. The highest BCUT2D eigenvalue weighted by atomic mass is 16.2. The van der Waals surface area contributed by atoms with E-state index in [0.717, 1.165) is 31.7 Å². The monoisotopic (exact) mass is 274 g/mol. The van der Waals surface area contributed by atoms with Crippen LogP contribution in [0.1, 0.15) is 44.7 Å². The lowest BCUT2D eigenvalue weighted by atomic mass is 10.0.